The number of hydrogen-bond donors (Lipinski definition) is 1. The van der Waals surface area contributed by atoms with Gasteiger partial charge >= 0.3 is 12.0 Å². The van der Waals surface area contributed by atoms with Gasteiger partial charge in [-0.3, -0.25) is 4.79 Å². The van der Waals surface area contributed by atoms with E-state index in [1.54, 1.807) is 0 Å². The number of ether oxygens (including phenoxy) is 1. The maximum atomic E-state index is 12.4. The third-order valence-electron chi connectivity index (χ3n) is 3.48. The Morgan fingerprint density at radius 3 is 2.68 bits per heavy atom. The minimum absolute atomic E-state index is 0.185. The SMILES string of the molecule is COCCN(CC(=O)O)C(=O)N1CCCC1C(C)C. The zero-order valence-corrected chi connectivity index (χ0v) is 12.0. The Kier molecular flexibility index (Phi) is 6.08. The Morgan fingerprint density at radius 1 is 1.47 bits per heavy atom. The first-order valence-corrected chi connectivity index (χ1v) is 6.73. The van der Waals surface area contributed by atoms with Gasteiger partial charge in [-0.25, -0.2) is 4.79 Å². The van der Waals surface area contributed by atoms with E-state index < -0.39 is 5.97 Å². The number of amides is 2. The number of carboxylic acids is 1. The number of methoxy groups -OCH3 is 1. The molecule has 19 heavy (non-hydrogen) atoms. The number of nitrogens with zero attached hydrogens (tertiary/aromatic N) is 2. The highest BCUT2D eigenvalue weighted by molar-refractivity contribution is 5.80. The first kappa shape index (κ1) is 15.8. The normalized spacial score (nSPS) is 18.9. The Bertz CT molecular complexity index is 320. The molecule has 1 heterocycles. The van der Waals surface area contributed by atoms with Gasteiger partial charge in [-0.15, -0.1) is 0 Å². The Labute approximate surface area is 114 Å². The van der Waals surface area contributed by atoms with Gasteiger partial charge in [-0.05, 0) is 18.8 Å². The summed E-state index contributed by atoms with van der Waals surface area (Å²) in [6.07, 6.45) is 1.98. The molecule has 1 rings (SSSR count). The number of aliphatic carboxylic acids is 1. The van der Waals surface area contributed by atoms with E-state index in [1.807, 2.05) is 4.90 Å². The maximum absolute atomic E-state index is 12.4. The summed E-state index contributed by atoms with van der Waals surface area (Å²) in [5.41, 5.74) is 0. The van der Waals surface area contributed by atoms with E-state index in [-0.39, 0.29) is 18.6 Å². The molecule has 1 unspecified atom stereocenters. The standard InChI is InChI=1S/C13H24N2O4/c1-10(2)11-5-4-6-15(11)13(18)14(7-8-19-3)9-12(16)17/h10-11H,4-9H2,1-3H3,(H,16,17). The van der Waals surface area contributed by atoms with Gasteiger partial charge < -0.3 is 19.6 Å². The van der Waals surface area contributed by atoms with Crippen molar-refractivity contribution in [3.8, 4) is 0 Å². The highest BCUT2D eigenvalue weighted by Crippen LogP contribution is 2.24. The summed E-state index contributed by atoms with van der Waals surface area (Å²) in [6, 6.07) is 0.0296. The molecule has 110 valence electrons. The summed E-state index contributed by atoms with van der Waals surface area (Å²) in [6.45, 7) is 5.27. The fraction of sp³-hybridized carbons (Fsp3) is 0.846. The summed E-state index contributed by atoms with van der Waals surface area (Å²) >= 11 is 0. The molecule has 0 radical (unpaired) electrons. The molecule has 0 saturated carbocycles. The number of carboxylic acid groups (broad SMARTS) is 1. The Morgan fingerprint density at radius 2 is 2.16 bits per heavy atom. The molecule has 0 aliphatic carbocycles. The van der Waals surface area contributed by atoms with Crippen LogP contribution in [0.4, 0.5) is 4.79 Å². The van der Waals surface area contributed by atoms with Crippen LogP contribution in [0.25, 0.3) is 0 Å². The smallest absolute Gasteiger partial charge is 0.323 e. The number of rotatable bonds is 6. The molecular weight excluding hydrogens is 248 g/mol. The molecule has 1 saturated heterocycles. The number of hydrogen-bond acceptors (Lipinski definition) is 3. The molecule has 1 atom stereocenters. The van der Waals surface area contributed by atoms with E-state index in [0.29, 0.717) is 25.6 Å². The van der Waals surface area contributed by atoms with Crippen LogP contribution in [-0.4, -0.2) is 66.3 Å². The van der Waals surface area contributed by atoms with Crippen LogP contribution in [0.15, 0.2) is 0 Å². The fourth-order valence-corrected chi connectivity index (χ4v) is 2.51. The third kappa shape index (κ3) is 4.38. The Hall–Kier alpha value is -1.30. The van der Waals surface area contributed by atoms with Gasteiger partial charge in [0.15, 0.2) is 0 Å². The molecule has 0 aromatic carbocycles. The van der Waals surface area contributed by atoms with Crippen LogP contribution >= 0.6 is 0 Å². The lowest BCUT2D eigenvalue weighted by Gasteiger charge is -2.32. The summed E-state index contributed by atoms with van der Waals surface area (Å²) in [5.74, 6) is -0.606. The molecule has 6 nitrogen and oxygen atoms in total. The van der Waals surface area contributed by atoms with Gasteiger partial charge in [0.1, 0.15) is 6.54 Å². The average molecular weight is 272 g/mol. The van der Waals surface area contributed by atoms with Crippen molar-refractivity contribution in [2.75, 3.05) is 33.4 Å². The fourth-order valence-electron chi connectivity index (χ4n) is 2.51. The van der Waals surface area contributed by atoms with Crippen molar-refractivity contribution < 1.29 is 19.4 Å². The second-order valence-electron chi connectivity index (χ2n) is 5.24. The molecule has 0 spiro atoms. The third-order valence-corrected chi connectivity index (χ3v) is 3.48. The van der Waals surface area contributed by atoms with Crippen molar-refractivity contribution in [2.24, 2.45) is 5.92 Å². The second-order valence-corrected chi connectivity index (χ2v) is 5.24. The molecular formula is C13H24N2O4. The van der Waals surface area contributed by atoms with Crippen LogP contribution in [0.1, 0.15) is 26.7 Å². The van der Waals surface area contributed by atoms with Crippen molar-refractivity contribution in [1.82, 2.24) is 9.80 Å². The van der Waals surface area contributed by atoms with Crippen molar-refractivity contribution in [1.29, 1.82) is 0 Å². The van der Waals surface area contributed by atoms with Crippen molar-refractivity contribution in [3.63, 3.8) is 0 Å². The van der Waals surface area contributed by atoms with E-state index in [4.69, 9.17) is 9.84 Å². The maximum Gasteiger partial charge on any atom is 0.323 e. The lowest BCUT2D eigenvalue weighted by molar-refractivity contribution is -0.137. The quantitative estimate of drug-likeness (QED) is 0.790. The monoisotopic (exact) mass is 272 g/mol. The lowest BCUT2D eigenvalue weighted by Crippen LogP contribution is -2.49. The Balaban J connectivity index is 2.71. The van der Waals surface area contributed by atoms with Crippen LogP contribution < -0.4 is 0 Å². The average Bonchev–Trinajstić information content (AvgIpc) is 2.82. The van der Waals surface area contributed by atoms with Crippen molar-refractivity contribution in [3.05, 3.63) is 0 Å². The number of likely N-dealkylation sites (tertiary alicyclic amines) is 1. The first-order valence-electron chi connectivity index (χ1n) is 6.73. The molecule has 0 bridgehead atoms. The minimum Gasteiger partial charge on any atom is -0.480 e. The van der Waals surface area contributed by atoms with Crippen LogP contribution in [0.3, 0.4) is 0 Å². The molecule has 1 aliphatic rings. The molecule has 0 aromatic rings. The minimum atomic E-state index is -0.996. The summed E-state index contributed by atoms with van der Waals surface area (Å²) in [4.78, 5) is 26.5. The van der Waals surface area contributed by atoms with Crippen molar-refractivity contribution in [2.45, 2.75) is 32.7 Å². The predicted molar refractivity (Wildman–Crippen MR) is 71.0 cm³/mol. The van der Waals surface area contributed by atoms with E-state index in [0.717, 1.165) is 12.8 Å². The van der Waals surface area contributed by atoms with Crippen molar-refractivity contribution >= 4 is 12.0 Å². The van der Waals surface area contributed by atoms with Gasteiger partial charge in [0.25, 0.3) is 0 Å². The van der Waals surface area contributed by atoms with Gasteiger partial charge in [0, 0.05) is 26.2 Å². The van der Waals surface area contributed by atoms with Gasteiger partial charge in [0.2, 0.25) is 0 Å². The lowest BCUT2D eigenvalue weighted by atomic mass is 10.0. The van der Waals surface area contributed by atoms with E-state index in [9.17, 15) is 9.59 Å². The molecule has 1 N–H and O–H groups in total. The van der Waals surface area contributed by atoms with E-state index >= 15 is 0 Å². The molecule has 6 heteroatoms. The molecule has 2 amide bonds. The van der Waals surface area contributed by atoms with Crippen LogP contribution in [-0.2, 0) is 9.53 Å². The zero-order valence-electron chi connectivity index (χ0n) is 12.0. The van der Waals surface area contributed by atoms with Crippen LogP contribution in [0.5, 0.6) is 0 Å². The van der Waals surface area contributed by atoms with Crippen LogP contribution in [0.2, 0.25) is 0 Å². The van der Waals surface area contributed by atoms with E-state index in [2.05, 4.69) is 13.8 Å². The van der Waals surface area contributed by atoms with E-state index in [1.165, 1.54) is 12.0 Å². The number of carbonyl (C=O) groups is 2. The summed E-state index contributed by atoms with van der Waals surface area (Å²) in [5, 5.41) is 8.90. The molecule has 0 aromatic heterocycles. The number of urea groups is 1. The highest BCUT2D eigenvalue weighted by Gasteiger charge is 2.33. The van der Waals surface area contributed by atoms with Gasteiger partial charge in [0.05, 0.1) is 6.61 Å². The number of carbonyl (C=O) groups excluding carboxylic acids is 1. The molecule has 1 aliphatic heterocycles. The topological polar surface area (TPSA) is 70.1 Å². The van der Waals surface area contributed by atoms with Gasteiger partial charge in [-0.1, -0.05) is 13.8 Å². The second kappa shape index (κ2) is 7.33. The zero-order chi connectivity index (χ0) is 14.4. The largest absolute Gasteiger partial charge is 0.480 e. The van der Waals surface area contributed by atoms with Gasteiger partial charge in [-0.2, -0.15) is 0 Å². The van der Waals surface area contributed by atoms with Crippen LogP contribution in [0, 0.1) is 5.92 Å². The highest BCUT2D eigenvalue weighted by atomic mass is 16.5. The summed E-state index contributed by atoms with van der Waals surface area (Å²) < 4.78 is 4.94. The predicted octanol–water partition coefficient (Wildman–Crippen LogP) is 1.26. The first-order chi connectivity index (χ1) is 8.97. The molecule has 1 fully saturated rings. The summed E-state index contributed by atoms with van der Waals surface area (Å²) in [7, 11) is 1.54.